The largest absolute Gasteiger partial charge is 0.442 e. The van der Waals surface area contributed by atoms with Crippen molar-refractivity contribution in [2.24, 2.45) is 0 Å². The number of fused-ring (bicyclic) bond motifs is 1. The van der Waals surface area contributed by atoms with E-state index < -0.39 is 0 Å². The van der Waals surface area contributed by atoms with Crippen molar-refractivity contribution in [3.8, 4) is 10.6 Å². The van der Waals surface area contributed by atoms with Crippen LogP contribution in [0.15, 0.2) is 29.6 Å². The molecule has 2 atom stereocenters. The number of carbonyl (C=O) groups excluding carboxylic acids is 2. The number of hydrogen-bond donors (Lipinski definition) is 1. The van der Waals surface area contributed by atoms with Gasteiger partial charge in [0.1, 0.15) is 11.1 Å². The highest BCUT2D eigenvalue weighted by atomic mass is 32.1. The van der Waals surface area contributed by atoms with Gasteiger partial charge in [0.25, 0.3) is 0 Å². The number of nitrogens with one attached hydrogen (secondary N) is 1. The molecule has 4 rings (SSSR count). The summed E-state index contributed by atoms with van der Waals surface area (Å²) >= 11 is 1.56. The van der Waals surface area contributed by atoms with Gasteiger partial charge in [0.05, 0.1) is 24.7 Å². The zero-order valence-electron chi connectivity index (χ0n) is 15.5. The molecular formula is C20H23N3O3S. The van der Waals surface area contributed by atoms with E-state index >= 15 is 0 Å². The third-order valence-electron chi connectivity index (χ3n) is 5.18. The van der Waals surface area contributed by atoms with Gasteiger partial charge in [-0.25, -0.2) is 9.78 Å². The van der Waals surface area contributed by atoms with Gasteiger partial charge in [-0.1, -0.05) is 38.1 Å². The van der Waals surface area contributed by atoms with Crippen LogP contribution in [0.1, 0.15) is 37.4 Å². The Bertz CT molecular complexity index is 846. The second-order valence-corrected chi connectivity index (χ2v) is 8.28. The Morgan fingerprint density at radius 3 is 2.89 bits per heavy atom. The van der Waals surface area contributed by atoms with E-state index in [0.717, 1.165) is 22.7 Å². The lowest BCUT2D eigenvalue weighted by Gasteiger charge is -2.32. The molecule has 0 bridgehead atoms. The first-order chi connectivity index (χ1) is 13.0. The number of amides is 2. The Balaban J connectivity index is 1.39. The molecule has 1 aromatic carbocycles. The topological polar surface area (TPSA) is 71.5 Å². The van der Waals surface area contributed by atoms with Crippen LogP contribution in [0.5, 0.6) is 0 Å². The van der Waals surface area contributed by atoms with Gasteiger partial charge in [-0.3, -0.25) is 4.79 Å². The fraction of sp³-hybridized carbons (Fsp3) is 0.450. The van der Waals surface area contributed by atoms with E-state index in [-0.39, 0.29) is 30.6 Å². The highest BCUT2D eigenvalue weighted by molar-refractivity contribution is 7.13. The van der Waals surface area contributed by atoms with E-state index in [9.17, 15) is 9.59 Å². The number of aromatic nitrogens is 1. The van der Waals surface area contributed by atoms with E-state index in [1.165, 1.54) is 5.56 Å². The number of hydrogen-bond acceptors (Lipinski definition) is 5. The number of carbonyl (C=O) groups is 2. The summed E-state index contributed by atoms with van der Waals surface area (Å²) in [7, 11) is 0. The molecule has 2 amide bonds. The van der Waals surface area contributed by atoms with Crippen LogP contribution in [0.4, 0.5) is 4.79 Å². The normalized spacial score (nSPS) is 21.7. The molecule has 27 heavy (non-hydrogen) atoms. The number of benzene rings is 1. The summed E-state index contributed by atoms with van der Waals surface area (Å²) in [5.41, 5.74) is 3.17. The molecule has 3 heterocycles. The van der Waals surface area contributed by atoms with Crippen LogP contribution in [0.25, 0.3) is 10.6 Å². The van der Waals surface area contributed by atoms with Gasteiger partial charge in [0.15, 0.2) is 0 Å². The number of ether oxygens (including phenoxy) is 1. The number of piperidine rings is 1. The molecule has 2 saturated heterocycles. The smallest absolute Gasteiger partial charge is 0.407 e. The van der Waals surface area contributed by atoms with Crippen LogP contribution in [0.3, 0.4) is 0 Å². The monoisotopic (exact) mass is 385 g/mol. The maximum absolute atomic E-state index is 12.6. The first-order valence-corrected chi connectivity index (χ1v) is 10.2. The minimum atomic E-state index is -0.382. The zero-order valence-corrected chi connectivity index (χ0v) is 16.3. The van der Waals surface area contributed by atoms with Gasteiger partial charge in [0, 0.05) is 17.5 Å². The Labute approximate surface area is 162 Å². The van der Waals surface area contributed by atoms with Crippen molar-refractivity contribution < 1.29 is 14.3 Å². The van der Waals surface area contributed by atoms with Gasteiger partial charge in [0.2, 0.25) is 5.91 Å². The molecule has 0 unspecified atom stereocenters. The average Bonchev–Trinajstić information content (AvgIpc) is 3.26. The van der Waals surface area contributed by atoms with Crippen LogP contribution in [0.2, 0.25) is 0 Å². The van der Waals surface area contributed by atoms with Crippen molar-refractivity contribution >= 4 is 23.3 Å². The van der Waals surface area contributed by atoms with Crippen molar-refractivity contribution in [2.75, 3.05) is 13.1 Å². The van der Waals surface area contributed by atoms with Gasteiger partial charge < -0.3 is 15.0 Å². The molecule has 0 aliphatic carbocycles. The predicted molar refractivity (Wildman–Crippen MR) is 104 cm³/mol. The minimum Gasteiger partial charge on any atom is -0.442 e. The number of nitrogens with zero attached hydrogens (tertiary/aromatic N) is 2. The first kappa shape index (κ1) is 18.0. The highest BCUT2D eigenvalue weighted by Gasteiger charge is 2.39. The van der Waals surface area contributed by atoms with E-state index in [2.05, 4.69) is 48.4 Å². The van der Waals surface area contributed by atoms with Gasteiger partial charge in [-0.2, -0.15) is 0 Å². The molecule has 1 aromatic heterocycles. The second-order valence-electron chi connectivity index (χ2n) is 7.42. The third kappa shape index (κ3) is 3.83. The maximum atomic E-state index is 12.6. The number of thiazole rings is 1. The minimum absolute atomic E-state index is 0.0289. The molecule has 7 heteroatoms. The third-order valence-corrected chi connectivity index (χ3v) is 6.12. The number of rotatable bonds is 4. The summed E-state index contributed by atoms with van der Waals surface area (Å²) in [5.74, 6) is 0.533. The lowest BCUT2D eigenvalue weighted by molar-refractivity contribution is -0.133. The van der Waals surface area contributed by atoms with Crippen molar-refractivity contribution in [2.45, 2.75) is 44.8 Å². The fourth-order valence-corrected chi connectivity index (χ4v) is 4.37. The predicted octanol–water partition coefficient (Wildman–Crippen LogP) is 3.19. The fourth-order valence-electron chi connectivity index (χ4n) is 3.55. The van der Waals surface area contributed by atoms with E-state index in [1.807, 2.05) is 5.38 Å². The molecule has 2 aromatic rings. The Morgan fingerprint density at radius 1 is 1.37 bits per heavy atom. The lowest BCUT2D eigenvalue weighted by Crippen LogP contribution is -2.50. The van der Waals surface area contributed by atoms with Crippen LogP contribution >= 0.6 is 11.3 Å². The van der Waals surface area contributed by atoms with Crippen molar-refractivity contribution in [3.05, 3.63) is 40.9 Å². The standard InChI is InChI=1S/C20H23N3O3S/c1-12(2)13-3-5-14(6-4-13)19-21-15(11-27-19)9-18(24)23-8-7-16-17(10-23)26-20(25)22-16/h3-6,11-12,16-17H,7-10H2,1-2H3,(H,22,25)/t16-,17+/m0/s1. The quantitative estimate of drug-likeness (QED) is 0.877. The molecule has 6 nitrogen and oxygen atoms in total. The summed E-state index contributed by atoms with van der Waals surface area (Å²) in [6.07, 6.45) is 0.388. The van der Waals surface area contributed by atoms with Gasteiger partial charge in [-0.05, 0) is 17.9 Å². The lowest BCUT2D eigenvalue weighted by atomic mass is 10.0. The van der Waals surface area contributed by atoms with Gasteiger partial charge in [-0.15, -0.1) is 11.3 Å². The first-order valence-electron chi connectivity index (χ1n) is 9.29. The van der Waals surface area contributed by atoms with Gasteiger partial charge >= 0.3 is 6.09 Å². The van der Waals surface area contributed by atoms with Crippen molar-refractivity contribution in [1.82, 2.24) is 15.2 Å². The molecule has 1 N–H and O–H groups in total. The summed E-state index contributed by atoms with van der Waals surface area (Å²) in [6, 6.07) is 8.47. The highest BCUT2D eigenvalue weighted by Crippen LogP contribution is 2.26. The Hall–Kier alpha value is -2.41. The SMILES string of the molecule is CC(C)c1ccc(-c2nc(CC(=O)N3CC[C@@H]4NC(=O)O[C@@H]4C3)cs2)cc1. The van der Waals surface area contributed by atoms with E-state index in [1.54, 1.807) is 16.2 Å². The molecule has 142 valence electrons. The summed E-state index contributed by atoms with van der Waals surface area (Å²) < 4.78 is 5.23. The molecule has 0 spiro atoms. The second kappa shape index (κ2) is 7.31. The zero-order chi connectivity index (χ0) is 19.0. The number of likely N-dealkylation sites (tertiary alicyclic amines) is 1. The van der Waals surface area contributed by atoms with Crippen LogP contribution in [-0.4, -0.2) is 47.1 Å². The summed E-state index contributed by atoms with van der Waals surface area (Å²) in [5, 5.41) is 5.67. The van der Waals surface area contributed by atoms with Crippen molar-refractivity contribution in [3.63, 3.8) is 0 Å². The molecular weight excluding hydrogens is 362 g/mol. The summed E-state index contributed by atoms with van der Waals surface area (Å²) in [4.78, 5) is 30.4. The molecule has 0 saturated carbocycles. The number of alkyl carbamates (subject to hydrolysis) is 1. The van der Waals surface area contributed by atoms with Crippen LogP contribution < -0.4 is 5.32 Å². The average molecular weight is 385 g/mol. The van der Waals surface area contributed by atoms with Crippen molar-refractivity contribution in [1.29, 1.82) is 0 Å². The molecule has 2 fully saturated rings. The van der Waals surface area contributed by atoms with E-state index in [0.29, 0.717) is 19.0 Å². The molecule has 2 aliphatic rings. The summed E-state index contributed by atoms with van der Waals surface area (Å²) in [6.45, 7) is 5.44. The Morgan fingerprint density at radius 2 is 2.15 bits per heavy atom. The maximum Gasteiger partial charge on any atom is 0.407 e. The molecule has 0 radical (unpaired) electrons. The molecule has 2 aliphatic heterocycles. The van der Waals surface area contributed by atoms with Crippen LogP contribution in [-0.2, 0) is 16.0 Å². The van der Waals surface area contributed by atoms with E-state index in [4.69, 9.17) is 4.74 Å². The van der Waals surface area contributed by atoms with Crippen LogP contribution in [0, 0.1) is 0 Å². The Kier molecular flexibility index (Phi) is 4.86.